The monoisotopic (exact) mass is 610 g/mol. The zero-order valence-electron chi connectivity index (χ0n) is 20.5. The van der Waals surface area contributed by atoms with Gasteiger partial charge in [-0.1, -0.05) is 25.5 Å². The van der Waals surface area contributed by atoms with Crippen molar-refractivity contribution in [1.29, 1.82) is 0 Å². The molecule has 4 aliphatic rings. The Morgan fingerprint density at radius 3 is 2.54 bits per heavy atom. The van der Waals surface area contributed by atoms with Gasteiger partial charge < -0.3 is 9.47 Å². The highest BCUT2D eigenvalue weighted by Crippen LogP contribution is 2.71. The highest BCUT2D eigenvalue weighted by Gasteiger charge is 2.73. The van der Waals surface area contributed by atoms with Gasteiger partial charge in [0.25, 0.3) is 0 Å². The third kappa shape index (κ3) is 3.48. The van der Waals surface area contributed by atoms with Crippen LogP contribution in [-0.4, -0.2) is 35.3 Å². The van der Waals surface area contributed by atoms with Gasteiger partial charge in [0.05, 0.1) is 17.5 Å². The summed E-state index contributed by atoms with van der Waals surface area (Å²) < 4.78 is 12.4. The molecule has 3 fully saturated rings. The number of ketones is 1. The van der Waals surface area contributed by atoms with Crippen molar-refractivity contribution >= 4 is 51.9 Å². The highest BCUT2D eigenvalue weighted by atomic mass is 127. The molecule has 0 radical (unpaired) electrons. The van der Waals surface area contributed by atoms with Crippen molar-refractivity contribution in [3.63, 3.8) is 0 Å². The zero-order valence-corrected chi connectivity index (χ0v) is 23.4. The van der Waals surface area contributed by atoms with Crippen molar-refractivity contribution in [2.24, 2.45) is 22.7 Å². The number of esters is 2. The molecule has 1 aromatic carbocycles. The summed E-state index contributed by atoms with van der Waals surface area (Å²) in [4.78, 5) is 38.4. The van der Waals surface area contributed by atoms with Crippen molar-refractivity contribution in [1.82, 2.24) is 0 Å². The number of hydrogen-bond donors (Lipinski definition) is 0. The molecule has 3 saturated carbocycles. The molecule has 5 rings (SSSR count). The van der Waals surface area contributed by atoms with Crippen LogP contribution in [-0.2, 0) is 19.1 Å². The van der Waals surface area contributed by atoms with Crippen LogP contribution < -0.4 is 0 Å². The Morgan fingerprint density at radius 1 is 1.06 bits per heavy atom. The van der Waals surface area contributed by atoms with E-state index in [-0.39, 0.29) is 23.0 Å². The predicted octanol–water partition coefficient (Wildman–Crippen LogP) is 6.25. The molecule has 1 unspecified atom stereocenters. The van der Waals surface area contributed by atoms with Gasteiger partial charge in [0, 0.05) is 20.8 Å². The first-order chi connectivity index (χ1) is 16.5. The number of allylic oxidation sites excluding steroid dienone is 1. The Kier molecular flexibility index (Phi) is 6.18. The van der Waals surface area contributed by atoms with Gasteiger partial charge in [0.1, 0.15) is 0 Å². The molecule has 0 heterocycles. The van der Waals surface area contributed by atoms with E-state index in [2.05, 4.69) is 36.4 Å². The van der Waals surface area contributed by atoms with E-state index in [1.54, 1.807) is 12.1 Å². The van der Waals surface area contributed by atoms with Crippen molar-refractivity contribution in [3.05, 3.63) is 45.0 Å². The van der Waals surface area contributed by atoms with Crippen LogP contribution >= 0.6 is 34.2 Å². The molecule has 0 amide bonds. The molecular formula is C28H32ClIO5. The number of carbonyl (C=O) groups excluding carboxylic acids is 3. The lowest BCUT2D eigenvalue weighted by Crippen LogP contribution is -2.64. The maximum atomic E-state index is 13.4. The van der Waals surface area contributed by atoms with Gasteiger partial charge >= 0.3 is 11.9 Å². The molecule has 35 heavy (non-hydrogen) atoms. The zero-order chi connectivity index (χ0) is 25.2. The average Bonchev–Trinajstić information content (AvgIpc) is 3.12. The summed E-state index contributed by atoms with van der Waals surface area (Å²) >= 11 is 9.78. The number of benzene rings is 1. The van der Waals surface area contributed by atoms with E-state index in [0.29, 0.717) is 31.2 Å². The van der Waals surface area contributed by atoms with Gasteiger partial charge in [0.15, 0.2) is 5.78 Å². The number of alkyl halides is 1. The van der Waals surface area contributed by atoms with Crippen molar-refractivity contribution < 1.29 is 23.9 Å². The first-order valence-corrected chi connectivity index (χ1v) is 14.0. The van der Waals surface area contributed by atoms with Crippen LogP contribution in [0.1, 0.15) is 75.6 Å². The second kappa shape index (κ2) is 8.57. The maximum absolute atomic E-state index is 13.4. The minimum Gasteiger partial charge on any atom is -0.466 e. The Hall–Kier alpha value is -1.41. The Bertz CT molecular complexity index is 1130. The Morgan fingerprint density at radius 2 is 1.83 bits per heavy atom. The third-order valence-corrected chi connectivity index (χ3v) is 11.6. The summed E-state index contributed by atoms with van der Waals surface area (Å²) in [6, 6.07) is 7.21. The molecule has 0 spiro atoms. The van der Waals surface area contributed by atoms with Crippen LogP contribution in [0.15, 0.2) is 35.9 Å². The Labute approximate surface area is 225 Å². The quantitative estimate of drug-likeness (QED) is 0.230. The number of fused-ring (bicyclic) bond motifs is 5. The molecule has 5 nitrogen and oxygen atoms in total. The van der Waals surface area contributed by atoms with Crippen LogP contribution in [0.4, 0.5) is 0 Å². The Balaban J connectivity index is 1.52. The fraction of sp³-hybridized carbons (Fsp3) is 0.607. The summed E-state index contributed by atoms with van der Waals surface area (Å²) in [7, 11) is 1.37. The van der Waals surface area contributed by atoms with Crippen LogP contribution in [0.3, 0.4) is 0 Å². The number of methoxy groups -OCH3 is 1. The largest absolute Gasteiger partial charge is 0.466 e. The summed E-state index contributed by atoms with van der Waals surface area (Å²) in [5.74, 6) is -0.488. The summed E-state index contributed by atoms with van der Waals surface area (Å²) in [6.07, 6.45) is 7.40. The lowest BCUT2D eigenvalue weighted by atomic mass is 9.46. The van der Waals surface area contributed by atoms with Gasteiger partial charge in [-0.05, 0) is 104 Å². The fourth-order valence-corrected chi connectivity index (χ4v) is 9.11. The van der Waals surface area contributed by atoms with Crippen LogP contribution in [0.25, 0.3) is 0 Å². The topological polar surface area (TPSA) is 69.7 Å². The summed E-state index contributed by atoms with van der Waals surface area (Å²) in [5.41, 5.74) is -0.543. The van der Waals surface area contributed by atoms with Gasteiger partial charge in [-0.2, -0.15) is 0 Å². The molecule has 0 aromatic heterocycles. The van der Waals surface area contributed by atoms with E-state index in [9.17, 15) is 14.4 Å². The van der Waals surface area contributed by atoms with Gasteiger partial charge in [-0.25, -0.2) is 9.59 Å². The number of halogens is 2. The van der Waals surface area contributed by atoms with Gasteiger partial charge in [-0.15, -0.1) is 11.6 Å². The van der Waals surface area contributed by atoms with E-state index in [4.69, 9.17) is 21.1 Å². The maximum Gasteiger partial charge on any atom is 0.350 e. The molecule has 4 aliphatic carbocycles. The van der Waals surface area contributed by atoms with E-state index in [1.807, 2.05) is 18.2 Å². The number of rotatable bonds is 3. The SMILES string of the molecule is COC(=O)C1(OC(=O)c2cccc(I)c2)CC[C@H]2[C@@H]3CCC4=CC(=O)CC[C@]4(C)[C@]3(Cl)CC[C@@]21C. The van der Waals surface area contributed by atoms with Crippen molar-refractivity contribution in [2.75, 3.05) is 7.11 Å². The molecule has 0 saturated heterocycles. The number of hydrogen-bond acceptors (Lipinski definition) is 5. The standard InChI is InChI=1S/C28H32ClIO5/c1-25-11-9-20(31)16-18(25)7-8-22-21-10-12-28(24(33)34-3,26(21,2)13-14-27(22,25)29)35-23(32)17-5-4-6-19(30)15-17/h4-6,15-16,21-22H,7-14H2,1-3H3/t21-,22-,25-,26-,27-,28?/m0/s1. The van der Waals surface area contributed by atoms with Crippen molar-refractivity contribution in [3.8, 4) is 0 Å². The molecule has 0 bridgehead atoms. The lowest BCUT2D eigenvalue weighted by Gasteiger charge is -2.63. The molecule has 0 N–H and O–H groups in total. The molecule has 1 aromatic rings. The normalized spacial score (nSPS) is 40.1. The molecule has 7 heteroatoms. The van der Waals surface area contributed by atoms with Crippen LogP contribution in [0.2, 0.25) is 0 Å². The van der Waals surface area contributed by atoms with Crippen LogP contribution in [0.5, 0.6) is 0 Å². The van der Waals surface area contributed by atoms with E-state index in [0.717, 1.165) is 29.3 Å². The van der Waals surface area contributed by atoms with Crippen LogP contribution in [0, 0.1) is 26.2 Å². The van der Waals surface area contributed by atoms with E-state index < -0.39 is 27.8 Å². The van der Waals surface area contributed by atoms with Crippen molar-refractivity contribution in [2.45, 2.75) is 75.7 Å². The van der Waals surface area contributed by atoms with Gasteiger partial charge in [0.2, 0.25) is 5.60 Å². The fourth-order valence-electron chi connectivity index (χ4n) is 7.99. The molecular weight excluding hydrogens is 579 g/mol. The highest BCUT2D eigenvalue weighted by molar-refractivity contribution is 14.1. The van der Waals surface area contributed by atoms with E-state index in [1.165, 1.54) is 12.7 Å². The summed E-state index contributed by atoms with van der Waals surface area (Å²) in [5, 5.41) is 0. The third-order valence-electron chi connectivity index (χ3n) is 10.0. The minimum atomic E-state index is -1.34. The molecule has 188 valence electrons. The minimum absolute atomic E-state index is 0.118. The van der Waals surface area contributed by atoms with Gasteiger partial charge in [-0.3, -0.25) is 4.79 Å². The second-order valence-electron chi connectivity index (χ2n) is 11.3. The lowest BCUT2D eigenvalue weighted by molar-refractivity contribution is -0.184. The summed E-state index contributed by atoms with van der Waals surface area (Å²) in [6.45, 7) is 4.32. The first kappa shape index (κ1) is 25.2. The predicted molar refractivity (Wildman–Crippen MR) is 141 cm³/mol. The molecule has 6 atom stereocenters. The number of ether oxygens (including phenoxy) is 2. The number of carbonyl (C=O) groups is 3. The molecule has 0 aliphatic heterocycles. The first-order valence-electron chi connectivity index (χ1n) is 12.5. The average molecular weight is 611 g/mol. The second-order valence-corrected chi connectivity index (χ2v) is 13.2. The smallest absolute Gasteiger partial charge is 0.350 e. The van der Waals surface area contributed by atoms with E-state index >= 15 is 0 Å².